The highest BCUT2D eigenvalue weighted by atomic mass is 16.5. The van der Waals surface area contributed by atoms with Gasteiger partial charge in [-0.3, -0.25) is 14.4 Å². The average molecular weight is 513 g/mol. The highest BCUT2D eigenvalue weighted by molar-refractivity contribution is 5.96. The lowest BCUT2D eigenvalue weighted by Crippen LogP contribution is -2.68. The topological polar surface area (TPSA) is 80.7 Å². The Kier molecular flexibility index (Phi) is 5.95. The van der Waals surface area contributed by atoms with Gasteiger partial charge in [0.15, 0.2) is 5.78 Å². The summed E-state index contributed by atoms with van der Waals surface area (Å²) in [6.45, 7) is 17.4. The molecule has 5 aliphatic carbocycles. The monoisotopic (exact) mass is 512 g/mol. The maximum absolute atomic E-state index is 14.4. The first-order valence-electron chi connectivity index (χ1n) is 14.7. The van der Waals surface area contributed by atoms with Crippen LogP contribution in [0.2, 0.25) is 0 Å². The van der Waals surface area contributed by atoms with Gasteiger partial charge in [0.05, 0.1) is 0 Å². The molecule has 5 heteroatoms. The Morgan fingerprint density at radius 1 is 0.946 bits per heavy atom. The molecular weight excluding hydrogens is 464 g/mol. The van der Waals surface area contributed by atoms with Gasteiger partial charge in [0.1, 0.15) is 11.5 Å². The van der Waals surface area contributed by atoms with Gasteiger partial charge in [-0.15, -0.1) is 0 Å². The second kappa shape index (κ2) is 8.18. The van der Waals surface area contributed by atoms with E-state index in [9.17, 15) is 19.5 Å². The molecule has 0 saturated heterocycles. The quantitative estimate of drug-likeness (QED) is 0.410. The van der Waals surface area contributed by atoms with Crippen LogP contribution in [0.3, 0.4) is 0 Å². The SMILES string of the molecule is CC(=O)O[C@@H]1CC[C@@]2(C)C(CCC3(C)[C@@H]2C(=O)C=C2[C@@H]4[C@@H](C)C(C)CCC4(C)CCC23C)C1(C)C(=O)O. The fourth-order valence-corrected chi connectivity index (χ4v) is 11.0. The van der Waals surface area contributed by atoms with Crippen LogP contribution in [0.1, 0.15) is 107 Å². The van der Waals surface area contributed by atoms with Crippen molar-refractivity contribution in [3.05, 3.63) is 11.6 Å². The highest BCUT2D eigenvalue weighted by Gasteiger charge is 2.72. The zero-order chi connectivity index (χ0) is 27.3. The fourth-order valence-electron chi connectivity index (χ4n) is 11.0. The summed E-state index contributed by atoms with van der Waals surface area (Å²) in [7, 11) is 0. The predicted molar refractivity (Wildman–Crippen MR) is 143 cm³/mol. The first kappa shape index (κ1) is 26.9. The van der Waals surface area contributed by atoms with Gasteiger partial charge in [0, 0.05) is 12.8 Å². The van der Waals surface area contributed by atoms with Crippen LogP contribution in [-0.2, 0) is 19.1 Å². The van der Waals surface area contributed by atoms with Gasteiger partial charge < -0.3 is 9.84 Å². The molecule has 5 aliphatic rings. The summed E-state index contributed by atoms with van der Waals surface area (Å²) < 4.78 is 5.63. The number of ether oxygens (including phenoxy) is 1. The number of carboxylic acid groups (broad SMARTS) is 1. The molecule has 0 bridgehead atoms. The van der Waals surface area contributed by atoms with Crippen LogP contribution in [0.25, 0.3) is 0 Å². The van der Waals surface area contributed by atoms with Crippen LogP contribution in [0, 0.1) is 56.7 Å². The molecule has 0 radical (unpaired) electrons. The predicted octanol–water partition coefficient (Wildman–Crippen LogP) is 6.84. The number of allylic oxidation sites excluding steroid dienone is 2. The number of carbonyl (C=O) groups excluding carboxylic acids is 2. The molecule has 0 aromatic rings. The molecular formula is C32H48O5. The summed E-state index contributed by atoms with van der Waals surface area (Å²) in [5.74, 6) is 0.0756. The van der Waals surface area contributed by atoms with Crippen molar-refractivity contribution >= 4 is 17.7 Å². The van der Waals surface area contributed by atoms with Crippen molar-refractivity contribution < 1.29 is 24.2 Å². The van der Waals surface area contributed by atoms with Crippen molar-refractivity contribution in [3.8, 4) is 0 Å². The van der Waals surface area contributed by atoms with Gasteiger partial charge in [-0.05, 0) is 110 Å². The van der Waals surface area contributed by atoms with E-state index in [0.29, 0.717) is 30.6 Å². The molecule has 0 amide bonds. The zero-order valence-electron chi connectivity index (χ0n) is 24.3. The number of esters is 1. The molecule has 1 N–H and O–H groups in total. The number of aliphatic carboxylic acids is 1. The molecule has 6 unspecified atom stereocenters. The van der Waals surface area contributed by atoms with Crippen LogP contribution in [0.4, 0.5) is 0 Å². The summed E-state index contributed by atoms with van der Waals surface area (Å²) in [5, 5.41) is 10.5. The summed E-state index contributed by atoms with van der Waals surface area (Å²) in [6.07, 6.45) is 8.96. The van der Waals surface area contributed by atoms with Crippen molar-refractivity contribution in [2.45, 2.75) is 113 Å². The first-order chi connectivity index (χ1) is 17.1. The van der Waals surface area contributed by atoms with Crippen molar-refractivity contribution in [1.82, 2.24) is 0 Å². The van der Waals surface area contributed by atoms with E-state index in [4.69, 9.17) is 4.74 Å². The van der Waals surface area contributed by atoms with Gasteiger partial charge in [-0.2, -0.15) is 0 Å². The summed E-state index contributed by atoms with van der Waals surface area (Å²) in [4.78, 5) is 39.1. The Balaban J connectivity index is 1.62. The largest absolute Gasteiger partial charge is 0.481 e. The molecule has 206 valence electrons. The van der Waals surface area contributed by atoms with Crippen LogP contribution < -0.4 is 0 Å². The summed E-state index contributed by atoms with van der Waals surface area (Å²) >= 11 is 0. The van der Waals surface area contributed by atoms with Crippen LogP contribution in [0.15, 0.2) is 11.6 Å². The summed E-state index contributed by atoms with van der Waals surface area (Å²) in [5.41, 5.74) is -0.280. The molecule has 0 aromatic heterocycles. The van der Waals surface area contributed by atoms with E-state index in [-0.39, 0.29) is 33.9 Å². The van der Waals surface area contributed by atoms with Gasteiger partial charge in [-0.25, -0.2) is 0 Å². The number of carbonyl (C=O) groups is 3. The minimum Gasteiger partial charge on any atom is -0.481 e. The minimum absolute atomic E-state index is 0.0680. The number of ketones is 1. The number of rotatable bonds is 2. The van der Waals surface area contributed by atoms with Crippen LogP contribution in [0.5, 0.6) is 0 Å². The molecule has 5 nitrogen and oxygen atoms in total. The average Bonchev–Trinajstić information content (AvgIpc) is 2.79. The van der Waals surface area contributed by atoms with Gasteiger partial charge in [-0.1, -0.05) is 47.1 Å². The first-order valence-corrected chi connectivity index (χ1v) is 14.7. The maximum Gasteiger partial charge on any atom is 0.313 e. The number of hydrogen-bond donors (Lipinski definition) is 1. The third-order valence-electron chi connectivity index (χ3n) is 13.5. The number of hydrogen-bond acceptors (Lipinski definition) is 4. The fraction of sp³-hybridized carbons (Fsp3) is 0.844. The maximum atomic E-state index is 14.4. The van der Waals surface area contributed by atoms with Crippen molar-refractivity contribution in [3.63, 3.8) is 0 Å². The Bertz CT molecular complexity index is 1060. The lowest BCUT2D eigenvalue weighted by Gasteiger charge is -2.70. The number of carboxylic acids is 1. The minimum atomic E-state index is -1.20. The van der Waals surface area contributed by atoms with Crippen LogP contribution in [-0.4, -0.2) is 28.9 Å². The van der Waals surface area contributed by atoms with E-state index in [0.717, 1.165) is 19.3 Å². The second-order valence-corrected chi connectivity index (χ2v) is 15.0. The van der Waals surface area contributed by atoms with E-state index in [1.807, 2.05) is 0 Å². The van der Waals surface area contributed by atoms with E-state index in [1.54, 1.807) is 6.92 Å². The third kappa shape index (κ3) is 3.30. The smallest absolute Gasteiger partial charge is 0.313 e. The summed E-state index contributed by atoms with van der Waals surface area (Å²) in [6, 6.07) is 0. The molecule has 4 saturated carbocycles. The molecule has 4 fully saturated rings. The standard InChI is InChI=1S/C32H48O5/c1-18-9-12-28(4)15-16-30(6)21(25(28)19(18)2)17-22(34)26-29(5)13-11-24(37-20(3)33)32(8,27(35)36)23(29)10-14-31(26,30)7/h17-19,23-26H,9-16H2,1-8H3,(H,35,36)/t18?,19-,23?,24+,25-,26+,28?,29-,30?,31?,32?/m0/s1. The van der Waals surface area contributed by atoms with E-state index in [1.165, 1.54) is 31.8 Å². The van der Waals surface area contributed by atoms with E-state index < -0.39 is 28.9 Å². The molecule has 0 aliphatic heterocycles. The van der Waals surface area contributed by atoms with Gasteiger partial charge >= 0.3 is 11.9 Å². The van der Waals surface area contributed by atoms with E-state index >= 15 is 0 Å². The van der Waals surface area contributed by atoms with Crippen LogP contribution >= 0.6 is 0 Å². The lowest BCUT2D eigenvalue weighted by atomic mass is 9.33. The Labute approximate surface area is 223 Å². The van der Waals surface area contributed by atoms with Crippen molar-refractivity contribution in [2.24, 2.45) is 56.7 Å². The Hall–Kier alpha value is -1.65. The lowest BCUT2D eigenvalue weighted by molar-refractivity contribution is -0.220. The molecule has 37 heavy (non-hydrogen) atoms. The molecule has 0 spiro atoms. The molecule has 0 aromatic carbocycles. The van der Waals surface area contributed by atoms with Crippen molar-refractivity contribution in [1.29, 1.82) is 0 Å². The zero-order valence-corrected chi connectivity index (χ0v) is 24.3. The third-order valence-corrected chi connectivity index (χ3v) is 13.5. The molecule has 5 rings (SSSR count). The Morgan fingerprint density at radius 3 is 2.24 bits per heavy atom. The Morgan fingerprint density at radius 2 is 1.62 bits per heavy atom. The highest BCUT2D eigenvalue weighted by Crippen LogP contribution is 2.75. The van der Waals surface area contributed by atoms with Gasteiger partial charge in [0.2, 0.25) is 0 Å². The molecule has 11 atom stereocenters. The normalized spacial score (nSPS) is 53.1. The molecule has 0 heterocycles. The number of fused-ring (bicyclic) bond motifs is 7. The van der Waals surface area contributed by atoms with Gasteiger partial charge in [0.25, 0.3) is 0 Å². The second-order valence-electron chi connectivity index (χ2n) is 15.0. The van der Waals surface area contributed by atoms with Crippen molar-refractivity contribution in [2.75, 3.05) is 0 Å². The van der Waals surface area contributed by atoms with E-state index in [2.05, 4.69) is 47.6 Å².